The second kappa shape index (κ2) is 5.48. The van der Waals surface area contributed by atoms with Crippen LogP contribution >= 0.6 is 22.6 Å². The Bertz CT molecular complexity index is 596. The van der Waals surface area contributed by atoms with E-state index in [2.05, 4.69) is 32.9 Å². The Labute approximate surface area is 120 Å². The lowest BCUT2D eigenvalue weighted by Crippen LogP contribution is -2.14. The van der Waals surface area contributed by atoms with E-state index in [0.717, 1.165) is 20.5 Å². The molecular formula is C14H13IN2O. The highest BCUT2D eigenvalue weighted by molar-refractivity contribution is 14.1. The van der Waals surface area contributed by atoms with Crippen LogP contribution in [0.2, 0.25) is 0 Å². The summed E-state index contributed by atoms with van der Waals surface area (Å²) in [6, 6.07) is 9.51. The fraction of sp³-hybridized carbons (Fsp3) is 0.143. The number of anilines is 1. The lowest BCUT2D eigenvalue weighted by Gasteiger charge is -2.10. The second-order valence-electron chi connectivity index (χ2n) is 4.05. The number of nitrogens with one attached hydrogen (secondary N) is 1. The molecule has 0 saturated carbocycles. The van der Waals surface area contributed by atoms with Gasteiger partial charge in [0.15, 0.2) is 0 Å². The number of aryl methyl sites for hydroxylation is 2. The zero-order chi connectivity index (χ0) is 13.1. The number of rotatable bonds is 2. The average Bonchev–Trinajstić information content (AvgIpc) is 2.34. The molecule has 0 radical (unpaired) electrons. The summed E-state index contributed by atoms with van der Waals surface area (Å²) in [6.07, 6.45) is 1.68. The molecule has 0 fully saturated rings. The standard InChI is InChI=1S/C14H13IN2O/c1-9-5-6-11(15)8-13(9)17-14(18)12-4-3-7-16-10(12)2/h3-8H,1-2H3,(H,17,18). The van der Waals surface area contributed by atoms with E-state index < -0.39 is 0 Å². The summed E-state index contributed by atoms with van der Waals surface area (Å²) in [5.74, 6) is -0.120. The third kappa shape index (κ3) is 2.87. The first kappa shape index (κ1) is 13.0. The molecule has 0 aliphatic carbocycles. The van der Waals surface area contributed by atoms with E-state index in [1.165, 1.54) is 0 Å². The Morgan fingerprint density at radius 1 is 1.28 bits per heavy atom. The number of hydrogen-bond donors (Lipinski definition) is 1. The van der Waals surface area contributed by atoms with E-state index in [-0.39, 0.29) is 5.91 Å². The lowest BCUT2D eigenvalue weighted by atomic mass is 10.1. The minimum atomic E-state index is -0.120. The summed E-state index contributed by atoms with van der Waals surface area (Å²) in [6.45, 7) is 3.80. The van der Waals surface area contributed by atoms with Gasteiger partial charge in [-0.2, -0.15) is 0 Å². The molecule has 0 aliphatic heterocycles. The minimum absolute atomic E-state index is 0.120. The largest absolute Gasteiger partial charge is 0.322 e. The molecule has 0 bridgehead atoms. The topological polar surface area (TPSA) is 42.0 Å². The van der Waals surface area contributed by atoms with Gasteiger partial charge in [-0.05, 0) is 66.3 Å². The van der Waals surface area contributed by atoms with E-state index in [4.69, 9.17) is 0 Å². The predicted octanol–water partition coefficient (Wildman–Crippen LogP) is 3.56. The maximum Gasteiger partial charge on any atom is 0.257 e. The smallest absolute Gasteiger partial charge is 0.257 e. The first-order valence-corrected chi connectivity index (χ1v) is 6.65. The van der Waals surface area contributed by atoms with Crippen molar-refractivity contribution < 1.29 is 4.79 Å². The molecule has 0 spiro atoms. The SMILES string of the molecule is Cc1ccc(I)cc1NC(=O)c1cccnc1C. The molecule has 4 heteroatoms. The Kier molecular flexibility index (Phi) is 3.96. The number of pyridine rings is 1. The van der Waals surface area contributed by atoms with Crippen molar-refractivity contribution in [1.29, 1.82) is 0 Å². The van der Waals surface area contributed by atoms with Gasteiger partial charge in [0.1, 0.15) is 0 Å². The highest BCUT2D eigenvalue weighted by Gasteiger charge is 2.10. The van der Waals surface area contributed by atoms with Gasteiger partial charge in [-0.25, -0.2) is 0 Å². The van der Waals surface area contributed by atoms with E-state index in [1.807, 2.05) is 32.0 Å². The highest BCUT2D eigenvalue weighted by atomic mass is 127. The van der Waals surface area contributed by atoms with Crippen molar-refractivity contribution in [2.24, 2.45) is 0 Å². The molecule has 0 saturated heterocycles. The monoisotopic (exact) mass is 352 g/mol. The molecule has 1 heterocycles. The lowest BCUT2D eigenvalue weighted by molar-refractivity contribution is 0.102. The molecule has 1 amide bonds. The zero-order valence-corrected chi connectivity index (χ0v) is 12.4. The van der Waals surface area contributed by atoms with Crippen LogP contribution in [0, 0.1) is 17.4 Å². The van der Waals surface area contributed by atoms with Gasteiger partial charge in [0.25, 0.3) is 5.91 Å². The Morgan fingerprint density at radius 3 is 2.78 bits per heavy atom. The van der Waals surface area contributed by atoms with E-state index >= 15 is 0 Å². The Morgan fingerprint density at radius 2 is 2.06 bits per heavy atom. The van der Waals surface area contributed by atoms with Gasteiger partial charge < -0.3 is 5.32 Å². The fourth-order valence-corrected chi connectivity index (χ4v) is 2.13. The van der Waals surface area contributed by atoms with Crippen molar-refractivity contribution in [1.82, 2.24) is 4.98 Å². The van der Waals surface area contributed by atoms with Gasteiger partial charge in [-0.3, -0.25) is 9.78 Å². The van der Waals surface area contributed by atoms with Crippen LogP contribution in [-0.4, -0.2) is 10.9 Å². The maximum atomic E-state index is 12.1. The number of benzene rings is 1. The minimum Gasteiger partial charge on any atom is -0.322 e. The maximum absolute atomic E-state index is 12.1. The summed E-state index contributed by atoms with van der Waals surface area (Å²) >= 11 is 2.23. The van der Waals surface area contributed by atoms with Gasteiger partial charge >= 0.3 is 0 Å². The normalized spacial score (nSPS) is 10.2. The van der Waals surface area contributed by atoms with E-state index in [1.54, 1.807) is 18.3 Å². The molecule has 1 aromatic heterocycles. The molecule has 1 aromatic carbocycles. The van der Waals surface area contributed by atoms with Gasteiger partial charge in [0.2, 0.25) is 0 Å². The van der Waals surface area contributed by atoms with Crippen LogP contribution in [-0.2, 0) is 0 Å². The van der Waals surface area contributed by atoms with Crippen molar-refractivity contribution in [2.75, 3.05) is 5.32 Å². The first-order valence-electron chi connectivity index (χ1n) is 5.57. The summed E-state index contributed by atoms with van der Waals surface area (Å²) in [7, 11) is 0. The summed E-state index contributed by atoms with van der Waals surface area (Å²) in [5, 5.41) is 2.92. The third-order valence-corrected chi connectivity index (χ3v) is 3.37. The number of amides is 1. The van der Waals surface area contributed by atoms with Crippen molar-refractivity contribution in [3.8, 4) is 0 Å². The quantitative estimate of drug-likeness (QED) is 0.840. The number of aromatic nitrogens is 1. The summed E-state index contributed by atoms with van der Waals surface area (Å²) in [5.41, 5.74) is 3.23. The van der Waals surface area contributed by atoms with Crippen LogP contribution in [0.15, 0.2) is 36.5 Å². The third-order valence-electron chi connectivity index (χ3n) is 2.70. The van der Waals surface area contributed by atoms with E-state index in [9.17, 15) is 4.79 Å². The number of nitrogens with zero attached hydrogens (tertiary/aromatic N) is 1. The van der Waals surface area contributed by atoms with Crippen molar-refractivity contribution in [3.05, 3.63) is 56.9 Å². The molecule has 18 heavy (non-hydrogen) atoms. The van der Waals surface area contributed by atoms with Gasteiger partial charge in [0.05, 0.1) is 5.56 Å². The number of carbonyl (C=O) groups is 1. The molecular weight excluding hydrogens is 339 g/mol. The molecule has 3 nitrogen and oxygen atoms in total. The molecule has 0 unspecified atom stereocenters. The molecule has 2 aromatic rings. The first-order chi connectivity index (χ1) is 8.58. The zero-order valence-electron chi connectivity index (χ0n) is 10.2. The molecule has 0 atom stereocenters. The van der Waals surface area contributed by atoms with Crippen LogP contribution in [0.25, 0.3) is 0 Å². The predicted molar refractivity (Wildman–Crippen MR) is 80.8 cm³/mol. The van der Waals surface area contributed by atoms with Gasteiger partial charge in [0, 0.05) is 21.1 Å². The molecule has 2 rings (SSSR count). The van der Waals surface area contributed by atoms with Crippen LogP contribution in [0.3, 0.4) is 0 Å². The van der Waals surface area contributed by atoms with Crippen LogP contribution in [0.4, 0.5) is 5.69 Å². The van der Waals surface area contributed by atoms with E-state index in [0.29, 0.717) is 5.56 Å². The van der Waals surface area contributed by atoms with Gasteiger partial charge in [-0.1, -0.05) is 6.07 Å². The fourth-order valence-electron chi connectivity index (χ4n) is 1.64. The van der Waals surface area contributed by atoms with Gasteiger partial charge in [-0.15, -0.1) is 0 Å². The Balaban J connectivity index is 2.27. The molecule has 0 aliphatic rings. The van der Waals surface area contributed by atoms with Crippen LogP contribution in [0.5, 0.6) is 0 Å². The molecule has 92 valence electrons. The molecule has 1 N–H and O–H groups in total. The van der Waals surface area contributed by atoms with Crippen LogP contribution in [0.1, 0.15) is 21.6 Å². The van der Waals surface area contributed by atoms with Crippen molar-refractivity contribution in [2.45, 2.75) is 13.8 Å². The Hall–Kier alpha value is -1.43. The highest BCUT2D eigenvalue weighted by Crippen LogP contribution is 2.19. The number of halogens is 1. The second-order valence-corrected chi connectivity index (χ2v) is 5.30. The number of carbonyl (C=O) groups excluding carboxylic acids is 1. The van der Waals surface area contributed by atoms with Crippen molar-refractivity contribution in [3.63, 3.8) is 0 Å². The summed E-state index contributed by atoms with van der Waals surface area (Å²) in [4.78, 5) is 16.3. The van der Waals surface area contributed by atoms with Crippen molar-refractivity contribution >= 4 is 34.2 Å². The summed E-state index contributed by atoms with van der Waals surface area (Å²) < 4.78 is 1.09. The van der Waals surface area contributed by atoms with Crippen LogP contribution < -0.4 is 5.32 Å². The number of hydrogen-bond acceptors (Lipinski definition) is 2. The average molecular weight is 352 g/mol.